The Morgan fingerprint density at radius 2 is 2.11 bits per heavy atom. The van der Waals surface area contributed by atoms with E-state index in [1.54, 1.807) is 22.9 Å². The van der Waals surface area contributed by atoms with E-state index in [9.17, 15) is 9.90 Å². The lowest BCUT2D eigenvalue weighted by molar-refractivity contribution is 0.0697. The highest BCUT2D eigenvalue weighted by atomic mass is 35.5. The molecule has 0 saturated heterocycles. The maximum absolute atomic E-state index is 11.3. The van der Waals surface area contributed by atoms with Crippen molar-refractivity contribution in [2.45, 2.75) is 26.7 Å². The number of carboxylic acids is 1. The number of hydrogen-bond acceptors (Lipinski definition) is 3. The second-order valence-corrected chi connectivity index (χ2v) is 4.41. The largest absolute Gasteiger partial charge is 0.478 e. The molecule has 0 aliphatic heterocycles. The molecule has 0 spiro atoms. The summed E-state index contributed by atoms with van der Waals surface area (Å²) in [6.07, 6.45) is 1.36. The van der Waals surface area contributed by atoms with Crippen LogP contribution in [0.25, 0.3) is 5.69 Å². The number of nitrogens with zero attached hydrogens (tertiary/aromatic N) is 3. The first-order chi connectivity index (χ1) is 9.08. The van der Waals surface area contributed by atoms with Gasteiger partial charge in [0.25, 0.3) is 0 Å². The molecule has 0 unspecified atom stereocenters. The van der Waals surface area contributed by atoms with Gasteiger partial charge in [-0.25, -0.2) is 14.5 Å². The minimum atomic E-state index is -1.07. The Bertz CT molecular complexity index is 622. The molecule has 0 bridgehead atoms. The quantitative estimate of drug-likeness (QED) is 0.934. The standard InChI is InChI=1S/C13H14ClN3O2/c1-3-10-15-11(4-2)17(16-10)9-7-5-6-8(14)12(9)13(18)19/h5-7H,3-4H2,1-2H3,(H,18,19). The van der Waals surface area contributed by atoms with Gasteiger partial charge in [-0.2, -0.15) is 5.10 Å². The number of aromatic nitrogens is 3. The molecule has 1 heterocycles. The zero-order valence-electron chi connectivity index (χ0n) is 10.7. The SMILES string of the molecule is CCc1nc(CC)n(-c2cccc(Cl)c2C(=O)O)n1. The average molecular weight is 280 g/mol. The van der Waals surface area contributed by atoms with Crippen LogP contribution in [-0.4, -0.2) is 25.8 Å². The number of halogens is 1. The Hall–Kier alpha value is -1.88. The molecule has 0 radical (unpaired) electrons. The molecular formula is C13H14ClN3O2. The van der Waals surface area contributed by atoms with Gasteiger partial charge in [0.05, 0.1) is 10.7 Å². The summed E-state index contributed by atoms with van der Waals surface area (Å²) in [5.74, 6) is 0.339. The summed E-state index contributed by atoms with van der Waals surface area (Å²) in [5.41, 5.74) is 0.496. The maximum atomic E-state index is 11.3. The van der Waals surface area contributed by atoms with Crippen LogP contribution in [0.15, 0.2) is 18.2 Å². The molecule has 0 fully saturated rings. The van der Waals surface area contributed by atoms with Crippen LogP contribution in [0.2, 0.25) is 5.02 Å². The molecule has 1 N–H and O–H groups in total. The molecule has 1 aromatic carbocycles. The molecule has 0 aliphatic rings. The van der Waals surface area contributed by atoms with Crippen LogP contribution in [-0.2, 0) is 12.8 Å². The van der Waals surface area contributed by atoms with E-state index in [2.05, 4.69) is 10.1 Å². The lowest BCUT2D eigenvalue weighted by Gasteiger charge is -2.09. The number of hydrogen-bond donors (Lipinski definition) is 1. The van der Waals surface area contributed by atoms with E-state index in [1.807, 2.05) is 13.8 Å². The van der Waals surface area contributed by atoms with Crippen LogP contribution >= 0.6 is 11.6 Å². The molecular weight excluding hydrogens is 266 g/mol. The Balaban J connectivity index is 2.68. The van der Waals surface area contributed by atoms with Crippen LogP contribution in [0, 0.1) is 0 Å². The number of rotatable bonds is 4. The van der Waals surface area contributed by atoms with Crippen LogP contribution in [0.5, 0.6) is 0 Å². The molecule has 5 nitrogen and oxygen atoms in total. The number of benzene rings is 1. The van der Waals surface area contributed by atoms with Crippen molar-refractivity contribution >= 4 is 17.6 Å². The third-order valence-electron chi connectivity index (χ3n) is 2.78. The maximum Gasteiger partial charge on any atom is 0.339 e. The van der Waals surface area contributed by atoms with Gasteiger partial charge in [-0.1, -0.05) is 31.5 Å². The predicted molar refractivity (Wildman–Crippen MR) is 72.1 cm³/mol. The van der Waals surface area contributed by atoms with E-state index < -0.39 is 5.97 Å². The topological polar surface area (TPSA) is 68.0 Å². The van der Waals surface area contributed by atoms with E-state index in [4.69, 9.17) is 11.6 Å². The second kappa shape index (κ2) is 5.40. The summed E-state index contributed by atoms with van der Waals surface area (Å²) in [6.45, 7) is 3.90. The molecule has 2 rings (SSSR count). The van der Waals surface area contributed by atoms with Gasteiger partial charge in [-0.3, -0.25) is 0 Å². The van der Waals surface area contributed by atoms with Crippen molar-refractivity contribution in [1.82, 2.24) is 14.8 Å². The molecule has 0 amide bonds. The number of carbonyl (C=O) groups is 1. The molecule has 0 aliphatic carbocycles. The summed E-state index contributed by atoms with van der Waals surface area (Å²) in [5, 5.41) is 13.8. The van der Waals surface area contributed by atoms with E-state index in [0.29, 0.717) is 24.4 Å². The first kappa shape index (κ1) is 13.5. The fourth-order valence-electron chi connectivity index (χ4n) is 1.86. The molecule has 1 aromatic heterocycles. The Morgan fingerprint density at radius 3 is 2.68 bits per heavy atom. The summed E-state index contributed by atoms with van der Waals surface area (Å²) in [7, 11) is 0. The van der Waals surface area contributed by atoms with Gasteiger partial charge in [0.1, 0.15) is 11.4 Å². The van der Waals surface area contributed by atoms with Gasteiger partial charge in [-0.15, -0.1) is 0 Å². The lowest BCUT2D eigenvalue weighted by Crippen LogP contribution is -2.10. The monoisotopic (exact) mass is 279 g/mol. The molecule has 0 saturated carbocycles. The smallest absolute Gasteiger partial charge is 0.339 e. The fourth-order valence-corrected chi connectivity index (χ4v) is 2.11. The van der Waals surface area contributed by atoms with Crippen LogP contribution in [0.1, 0.15) is 35.9 Å². The first-order valence-corrected chi connectivity index (χ1v) is 6.43. The number of aromatic carboxylic acids is 1. The van der Waals surface area contributed by atoms with Gasteiger partial charge in [0.15, 0.2) is 5.82 Å². The van der Waals surface area contributed by atoms with Gasteiger partial charge in [0.2, 0.25) is 0 Å². The van der Waals surface area contributed by atoms with E-state index in [0.717, 1.165) is 5.82 Å². The van der Waals surface area contributed by atoms with Gasteiger partial charge < -0.3 is 5.11 Å². The minimum Gasteiger partial charge on any atom is -0.478 e. The predicted octanol–water partition coefficient (Wildman–Crippen LogP) is 2.74. The molecule has 6 heteroatoms. The Kier molecular flexibility index (Phi) is 3.85. The summed E-state index contributed by atoms with van der Waals surface area (Å²) < 4.78 is 1.56. The Morgan fingerprint density at radius 1 is 1.37 bits per heavy atom. The van der Waals surface area contributed by atoms with E-state index >= 15 is 0 Å². The third-order valence-corrected chi connectivity index (χ3v) is 3.10. The van der Waals surface area contributed by atoms with Crippen molar-refractivity contribution in [3.8, 4) is 5.69 Å². The summed E-state index contributed by atoms with van der Waals surface area (Å²) in [6, 6.07) is 4.94. The Labute approximate surface area is 115 Å². The number of carboxylic acid groups (broad SMARTS) is 1. The van der Waals surface area contributed by atoms with E-state index in [-0.39, 0.29) is 10.6 Å². The van der Waals surface area contributed by atoms with Crippen molar-refractivity contribution in [2.24, 2.45) is 0 Å². The molecule has 19 heavy (non-hydrogen) atoms. The summed E-state index contributed by atoms with van der Waals surface area (Å²) >= 11 is 5.97. The third kappa shape index (κ3) is 2.46. The van der Waals surface area contributed by atoms with Crippen LogP contribution in [0.4, 0.5) is 0 Å². The fraction of sp³-hybridized carbons (Fsp3) is 0.308. The normalized spacial score (nSPS) is 10.7. The summed E-state index contributed by atoms with van der Waals surface area (Å²) in [4.78, 5) is 15.7. The minimum absolute atomic E-state index is 0.0476. The first-order valence-electron chi connectivity index (χ1n) is 6.05. The highest BCUT2D eigenvalue weighted by Gasteiger charge is 2.19. The zero-order chi connectivity index (χ0) is 14.0. The van der Waals surface area contributed by atoms with Gasteiger partial charge in [0, 0.05) is 12.8 Å². The van der Waals surface area contributed by atoms with Gasteiger partial charge >= 0.3 is 5.97 Å². The van der Waals surface area contributed by atoms with Crippen LogP contribution < -0.4 is 0 Å². The lowest BCUT2D eigenvalue weighted by atomic mass is 10.2. The van der Waals surface area contributed by atoms with Crippen molar-refractivity contribution in [3.05, 3.63) is 40.4 Å². The zero-order valence-corrected chi connectivity index (χ0v) is 11.5. The van der Waals surface area contributed by atoms with Gasteiger partial charge in [-0.05, 0) is 12.1 Å². The molecule has 2 aromatic rings. The van der Waals surface area contributed by atoms with Crippen molar-refractivity contribution in [1.29, 1.82) is 0 Å². The molecule has 100 valence electrons. The van der Waals surface area contributed by atoms with Crippen LogP contribution in [0.3, 0.4) is 0 Å². The average Bonchev–Trinajstić information content (AvgIpc) is 2.81. The highest BCUT2D eigenvalue weighted by Crippen LogP contribution is 2.24. The van der Waals surface area contributed by atoms with Crippen molar-refractivity contribution < 1.29 is 9.90 Å². The van der Waals surface area contributed by atoms with Crippen molar-refractivity contribution in [3.63, 3.8) is 0 Å². The molecule has 0 atom stereocenters. The van der Waals surface area contributed by atoms with E-state index in [1.165, 1.54) is 0 Å². The second-order valence-electron chi connectivity index (χ2n) is 4.00. The number of aryl methyl sites for hydroxylation is 2. The highest BCUT2D eigenvalue weighted by molar-refractivity contribution is 6.34. The van der Waals surface area contributed by atoms with Crippen molar-refractivity contribution in [2.75, 3.05) is 0 Å².